The lowest BCUT2D eigenvalue weighted by molar-refractivity contribution is -0.0495. The number of ether oxygens (including phenoxy) is 1. The Morgan fingerprint density at radius 1 is 1.34 bits per heavy atom. The highest BCUT2D eigenvalue weighted by atomic mass is 35.5. The second-order valence-corrected chi connectivity index (χ2v) is 10.5. The van der Waals surface area contributed by atoms with Crippen LogP contribution in [0, 0.1) is 5.92 Å². The summed E-state index contributed by atoms with van der Waals surface area (Å²) < 4.78 is 55.0. The summed E-state index contributed by atoms with van der Waals surface area (Å²) in [6.45, 7) is -0.555. The van der Waals surface area contributed by atoms with Crippen molar-refractivity contribution in [2.45, 2.75) is 51.0 Å². The minimum atomic E-state index is -3.05. The van der Waals surface area contributed by atoms with Gasteiger partial charge in [0.25, 0.3) is 5.91 Å². The molecule has 2 aromatic rings. The summed E-state index contributed by atoms with van der Waals surface area (Å²) in [4.78, 5) is 16.7. The SMILES string of the molecule is CCn1nc(C(=O)NC[C@H]2CC[C@@H](S(C)(=O)=O)CC2)c(Cl)c1-c1cnccc1OC(F)F. The molecular formula is C20H25ClF2N4O4S. The van der Waals surface area contributed by atoms with Gasteiger partial charge in [-0.25, -0.2) is 8.42 Å². The van der Waals surface area contributed by atoms with Crippen molar-refractivity contribution < 1.29 is 26.7 Å². The summed E-state index contributed by atoms with van der Waals surface area (Å²) in [6.07, 6.45) is 6.44. The highest BCUT2D eigenvalue weighted by Gasteiger charge is 2.29. The molecule has 176 valence electrons. The highest BCUT2D eigenvalue weighted by molar-refractivity contribution is 7.91. The summed E-state index contributed by atoms with van der Waals surface area (Å²) >= 11 is 6.46. The van der Waals surface area contributed by atoms with Crippen molar-refractivity contribution in [2.24, 2.45) is 5.92 Å². The Morgan fingerprint density at radius 2 is 2.03 bits per heavy atom. The van der Waals surface area contributed by atoms with E-state index >= 15 is 0 Å². The Labute approximate surface area is 190 Å². The first-order valence-corrected chi connectivity index (χ1v) is 12.6. The van der Waals surface area contributed by atoms with Gasteiger partial charge in [0, 0.05) is 31.7 Å². The lowest BCUT2D eigenvalue weighted by Crippen LogP contribution is -2.34. The van der Waals surface area contributed by atoms with E-state index in [4.69, 9.17) is 11.6 Å². The number of nitrogens with one attached hydrogen (secondary N) is 1. The van der Waals surface area contributed by atoms with E-state index in [1.54, 1.807) is 6.92 Å². The number of halogens is 3. The molecule has 0 radical (unpaired) electrons. The van der Waals surface area contributed by atoms with Crippen LogP contribution >= 0.6 is 11.6 Å². The van der Waals surface area contributed by atoms with Crippen LogP contribution in [0.2, 0.25) is 5.02 Å². The van der Waals surface area contributed by atoms with Gasteiger partial charge in [-0.05, 0) is 44.6 Å². The molecule has 1 fully saturated rings. The Kier molecular flexibility index (Phi) is 7.71. The molecule has 8 nitrogen and oxygen atoms in total. The lowest BCUT2D eigenvalue weighted by Gasteiger charge is -2.27. The third-order valence-corrected chi connectivity index (χ3v) is 7.65. The largest absolute Gasteiger partial charge is 0.434 e. The van der Waals surface area contributed by atoms with Gasteiger partial charge < -0.3 is 10.1 Å². The van der Waals surface area contributed by atoms with E-state index < -0.39 is 22.4 Å². The number of pyridine rings is 1. The van der Waals surface area contributed by atoms with Gasteiger partial charge in [0.1, 0.15) is 15.6 Å². The summed E-state index contributed by atoms with van der Waals surface area (Å²) in [7, 11) is -3.05. The zero-order valence-corrected chi connectivity index (χ0v) is 19.3. The Balaban J connectivity index is 1.75. The fourth-order valence-electron chi connectivity index (χ4n) is 3.91. The maximum absolute atomic E-state index is 12.8. The predicted molar refractivity (Wildman–Crippen MR) is 116 cm³/mol. The minimum absolute atomic E-state index is 0.0113. The fraction of sp³-hybridized carbons (Fsp3) is 0.550. The molecule has 0 aromatic carbocycles. The van der Waals surface area contributed by atoms with E-state index in [2.05, 4.69) is 20.1 Å². The van der Waals surface area contributed by atoms with Crippen molar-refractivity contribution in [1.29, 1.82) is 0 Å². The smallest absolute Gasteiger partial charge is 0.387 e. The van der Waals surface area contributed by atoms with Gasteiger partial charge in [-0.15, -0.1) is 0 Å². The molecule has 0 saturated heterocycles. The second kappa shape index (κ2) is 10.1. The number of hydrogen-bond acceptors (Lipinski definition) is 6. The number of alkyl halides is 2. The molecule has 1 aliphatic rings. The normalized spacial score (nSPS) is 19.2. The van der Waals surface area contributed by atoms with Gasteiger partial charge >= 0.3 is 6.61 Å². The van der Waals surface area contributed by atoms with Crippen molar-refractivity contribution >= 4 is 27.3 Å². The molecule has 2 aromatic heterocycles. The molecule has 1 saturated carbocycles. The number of aromatic nitrogens is 3. The molecule has 3 rings (SSSR count). The number of carbonyl (C=O) groups is 1. The van der Waals surface area contributed by atoms with Crippen molar-refractivity contribution in [1.82, 2.24) is 20.1 Å². The zero-order chi connectivity index (χ0) is 23.5. The molecule has 0 unspecified atom stereocenters. The number of rotatable bonds is 8. The molecule has 12 heteroatoms. The van der Waals surface area contributed by atoms with E-state index in [-0.39, 0.29) is 38.9 Å². The van der Waals surface area contributed by atoms with Crippen LogP contribution in [-0.4, -0.2) is 53.8 Å². The first-order chi connectivity index (χ1) is 15.1. The molecule has 32 heavy (non-hydrogen) atoms. The predicted octanol–water partition coefficient (Wildman–Crippen LogP) is 3.55. The van der Waals surface area contributed by atoms with Gasteiger partial charge in [0.2, 0.25) is 0 Å². The quantitative estimate of drug-likeness (QED) is 0.607. The van der Waals surface area contributed by atoms with Gasteiger partial charge in [0.05, 0.1) is 21.5 Å². The Hall–Kier alpha value is -2.27. The van der Waals surface area contributed by atoms with E-state index in [0.29, 0.717) is 38.8 Å². The van der Waals surface area contributed by atoms with Gasteiger partial charge in [-0.2, -0.15) is 13.9 Å². The fourth-order valence-corrected chi connectivity index (χ4v) is 5.37. The van der Waals surface area contributed by atoms with Crippen LogP contribution in [0.1, 0.15) is 43.1 Å². The van der Waals surface area contributed by atoms with Crippen LogP contribution in [0.3, 0.4) is 0 Å². The first-order valence-electron chi connectivity index (χ1n) is 10.2. The molecule has 1 amide bonds. The second-order valence-electron chi connectivity index (χ2n) is 7.76. The topological polar surface area (TPSA) is 103 Å². The average Bonchev–Trinajstić information content (AvgIpc) is 3.08. The van der Waals surface area contributed by atoms with Crippen LogP contribution < -0.4 is 10.1 Å². The molecule has 0 atom stereocenters. The van der Waals surface area contributed by atoms with E-state index in [1.165, 1.54) is 29.4 Å². The summed E-state index contributed by atoms with van der Waals surface area (Å²) in [5.41, 5.74) is 0.433. The summed E-state index contributed by atoms with van der Waals surface area (Å²) in [6, 6.07) is 1.29. The third kappa shape index (κ3) is 5.55. The van der Waals surface area contributed by atoms with Crippen molar-refractivity contribution in [3.05, 3.63) is 29.2 Å². The van der Waals surface area contributed by atoms with Crippen LogP contribution in [0.15, 0.2) is 18.5 Å². The zero-order valence-electron chi connectivity index (χ0n) is 17.7. The average molecular weight is 491 g/mol. The van der Waals surface area contributed by atoms with Crippen LogP contribution in [-0.2, 0) is 16.4 Å². The molecule has 0 aliphatic heterocycles. The Morgan fingerprint density at radius 3 is 2.62 bits per heavy atom. The summed E-state index contributed by atoms with van der Waals surface area (Å²) in [5, 5.41) is 6.75. The summed E-state index contributed by atoms with van der Waals surface area (Å²) in [5.74, 6) is -0.456. The van der Waals surface area contributed by atoms with E-state index in [0.717, 1.165) is 0 Å². The third-order valence-electron chi connectivity index (χ3n) is 5.61. The number of hydrogen-bond donors (Lipinski definition) is 1. The van der Waals surface area contributed by atoms with Gasteiger partial charge in [0.15, 0.2) is 5.69 Å². The number of amides is 1. The molecule has 2 heterocycles. The van der Waals surface area contributed by atoms with Crippen molar-refractivity contribution in [2.75, 3.05) is 12.8 Å². The number of carbonyl (C=O) groups excluding carboxylic acids is 1. The van der Waals surface area contributed by atoms with Crippen LogP contribution in [0.5, 0.6) is 5.75 Å². The standard InChI is InChI=1S/C20H25ClF2N4O4S/c1-3-27-18(14-11-24-9-8-15(14)31-20(22)23)16(21)17(26-27)19(28)25-10-12-4-6-13(7-5-12)32(2,29)30/h8-9,11-13,20H,3-7,10H2,1-2H3,(H,25,28)/t12-,13+. The lowest BCUT2D eigenvalue weighted by atomic mass is 9.89. The van der Waals surface area contributed by atoms with E-state index in [1.807, 2.05) is 0 Å². The number of aryl methyl sites for hydroxylation is 1. The molecule has 1 aliphatic carbocycles. The molecular weight excluding hydrogens is 466 g/mol. The maximum Gasteiger partial charge on any atom is 0.387 e. The molecule has 0 bridgehead atoms. The minimum Gasteiger partial charge on any atom is -0.434 e. The molecule has 1 N–H and O–H groups in total. The van der Waals surface area contributed by atoms with Gasteiger partial charge in [-0.1, -0.05) is 11.6 Å². The number of sulfone groups is 1. The monoisotopic (exact) mass is 490 g/mol. The Bertz CT molecular complexity index is 1070. The van der Waals surface area contributed by atoms with Crippen LogP contribution in [0.4, 0.5) is 8.78 Å². The highest BCUT2D eigenvalue weighted by Crippen LogP contribution is 2.37. The van der Waals surface area contributed by atoms with Crippen LogP contribution in [0.25, 0.3) is 11.3 Å². The van der Waals surface area contributed by atoms with Crippen molar-refractivity contribution in [3.8, 4) is 17.0 Å². The first kappa shape index (κ1) is 24.4. The molecule has 0 spiro atoms. The van der Waals surface area contributed by atoms with Crippen molar-refractivity contribution in [3.63, 3.8) is 0 Å². The van der Waals surface area contributed by atoms with Gasteiger partial charge in [-0.3, -0.25) is 14.5 Å². The maximum atomic E-state index is 12.8. The number of nitrogens with zero attached hydrogens (tertiary/aromatic N) is 3. The van der Waals surface area contributed by atoms with E-state index in [9.17, 15) is 22.0 Å².